The number of methoxy groups -OCH3 is 1. The lowest BCUT2D eigenvalue weighted by atomic mass is 10.0. The quantitative estimate of drug-likeness (QED) is 0.649. The summed E-state index contributed by atoms with van der Waals surface area (Å²) in [7, 11) is 2.87. The van der Waals surface area contributed by atoms with Crippen molar-refractivity contribution in [3.05, 3.63) is 75.7 Å². The lowest BCUT2D eigenvalue weighted by Gasteiger charge is -2.19. The monoisotopic (exact) mass is 393 g/mol. The van der Waals surface area contributed by atoms with Crippen LogP contribution in [0.5, 0.6) is 0 Å². The van der Waals surface area contributed by atoms with Gasteiger partial charge < -0.3 is 10.1 Å². The summed E-state index contributed by atoms with van der Waals surface area (Å²) in [6, 6.07) is 14.2. The van der Waals surface area contributed by atoms with E-state index in [1.54, 1.807) is 31.3 Å². The van der Waals surface area contributed by atoms with Crippen LogP contribution in [-0.4, -0.2) is 28.8 Å². The fourth-order valence-electron chi connectivity index (χ4n) is 3.20. The Morgan fingerprint density at radius 3 is 2.41 bits per heavy atom. The van der Waals surface area contributed by atoms with Crippen LogP contribution in [0.3, 0.4) is 0 Å². The van der Waals surface area contributed by atoms with E-state index in [-0.39, 0.29) is 24.3 Å². The normalized spacial score (nSPS) is 11.8. The number of ether oxygens (including phenoxy) is 1. The lowest BCUT2D eigenvalue weighted by Crippen LogP contribution is -2.32. The summed E-state index contributed by atoms with van der Waals surface area (Å²) in [6.07, 6.45) is 0.00488. The van der Waals surface area contributed by atoms with Crippen LogP contribution in [0, 0.1) is 6.92 Å². The molecule has 1 heterocycles. The van der Waals surface area contributed by atoms with Crippen LogP contribution < -0.4 is 10.9 Å². The van der Waals surface area contributed by atoms with Crippen molar-refractivity contribution in [2.75, 3.05) is 7.11 Å². The number of hydrogen-bond donors (Lipinski definition) is 1. The van der Waals surface area contributed by atoms with Crippen molar-refractivity contribution in [2.24, 2.45) is 7.05 Å². The Bertz CT molecular complexity index is 1100. The molecule has 7 nitrogen and oxygen atoms in total. The second-order valence-corrected chi connectivity index (χ2v) is 6.91. The molecule has 7 heteroatoms. The van der Waals surface area contributed by atoms with Gasteiger partial charge in [0.1, 0.15) is 0 Å². The van der Waals surface area contributed by atoms with Crippen molar-refractivity contribution >= 4 is 22.6 Å². The first-order valence-electron chi connectivity index (χ1n) is 9.26. The van der Waals surface area contributed by atoms with Gasteiger partial charge in [0.15, 0.2) is 0 Å². The molecule has 1 aromatic heterocycles. The number of carbonyl (C=O) groups is 2. The number of nitrogens with zero attached hydrogens (tertiary/aromatic N) is 2. The maximum absolute atomic E-state index is 12.8. The van der Waals surface area contributed by atoms with Crippen LogP contribution in [-0.2, 0) is 27.8 Å². The Kier molecular flexibility index (Phi) is 6.07. The first kappa shape index (κ1) is 20.3. The molecular weight excluding hydrogens is 370 g/mol. The van der Waals surface area contributed by atoms with Crippen LogP contribution in [0.2, 0.25) is 0 Å². The molecule has 0 spiro atoms. The Morgan fingerprint density at radius 2 is 1.76 bits per heavy atom. The van der Waals surface area contributed by atoms with E-state index in [1.807, 2.05) is 31.2 Å². The third kappa shape index (κ3) is 4.68. The van der Waals surface area contributed by atoms with Crippen LogP contribution >= 0.6 is 0 Å². The van der Waals surface area contributed by atoms with E-state index in [4.69, 9.17) is 4.74 Å². The highest BCUT2D eigenvalue weighted by atomic mass is 16.5. The molecule has 0 aliphatic rings. The molecule has 1 atom stereocenters. The third-order valence-corrected chi connectivity index (χ3v) is 4.77. The fraction of sp³-hybridized carbons (Fsp3) is 0.273. The molecule has 0 unspecified atom stereocenters. The number of hydrogen-bond acceptors (Lipinski definition) is 5. The lowest BCUT2D eigenvalue weighted by molar-refractivity contribution is -0.141. The van der Waals surface area contributed by atoms with Gasteiger partial charge in [-0.2, -0.15) is 5.10 Å². The summed E-state index contributed by atoms with van der Waals surface area (Å²) in [4.78, 5) is 36.9. The van der Waals surface area contributed by atoms with Gasteiger partial charge in [-0.1, -0.05) is 48.0 Å². The molecular formula is C22H23N3O4. The van der Waals surface area contributed by atoms with Crippen molar-refractivity contribution in [3.63, 3.8) is 0 Å². The van der Waals surface area contributed by atoms with Crippen molar-refractivity contribution in [1.82, 2.24) is 15.1 Å². The van der Waals surface area contributed by atoms with Gasteiger partial charge in [-0.15, -0.1) is 0 Å². The first-order valence-corrected chi connectivity index (χ1v) is 9.26. The number of nitrogens with one attached hydrogen (secondary N) is 1. The number of rotatable bonds is 6. The topological polar surface area (TPSA) is 90.3 Å². The number of benzene rings is 2. The standard InChI is InChI=1S/C22H23N3O4/c1-14-8-10-15(11-9-14)18(13-21(27)29-3)23-20(26)12-19-16-6-4-5-7-17(16)22(28)25(2)24-19/h4-11,18H,12-13H2,1-3H3,(H,23,26)/t18-/m1/s1. The van der Waals surface area contributed by atoms with E-state index in [0.29, 0.717) is 16.5 Å². The first-order chi connectivity index (χ1) is 13.9. The highest BCUT2D eigenvalue weighted by molar-refractivity contribution is 5.88. The summed E-state index contributed by atoms with van der Waals surface area (Å²) < 4.78 is 6.00. The second kappa shape index (κ2) is 8.68. The second-order valence-electron chi connectivity index (χ2n) is 6.91. The van der Waals surface area contributed by atoms with Crippen LogP contribution in [0.15, 0.2) is 53.3 Å². The summed E-state index contributed by atoms with van der Waals surface area (Å²) in [5.41, 5.74) is 2.18. The Balaban J connectivity index is 1.86. The molecule has 0 saturated heterocycles. The van der Waals surface area contributed by atoms with E-state index in [0.717, 1.165) is 11.1 Å². The third-order valence-electron chi connectivity index (χ3n) is 4.77. The molecule has 0 radical (unpaired) electrons. The van der Waals surface area contributed by atoms with E-state index < -0.39 is 12.0 Å². The van der Waals surface area contributed by atoms with E-state index in [9.17, 15) is 14.4 Å². The summed E-state index contributed by atoms with van der Waals surface area (Å²) in [5.74, 6) is -0.711. The average Bonchev–Trinajstić information content (AvgIpc) is 2.71. The number of esters is 1. The number of amides is 1. The number of aromatic nitrogens is 2. The average molecular weight is 393 g/mol. The molecule has 0 saturated carbocycles. The SMILES string of the molecule is COC(=O)C[C@@H](NC(=O)Cc1nn(C)c(=O)c2ccccc12)c1ccc(C)cc1. The molecule has 0 aliphatic heterocycles. The zero-order valence-electron chi connectivity index (χ0n) is 16.6. The van der Waals surface area contributed by atoms with Crippen LogP contribution in [0.25, 0.3) is 10.8 Å². The molecule has 29 heavy (non-hydrogen) atoms. The van der Waals surface area contributed by atoms with E-state index in [1.165, 1.54) is 11.8 Å². The molecule has 3 rings (SSSR count). The van der Waals surface area contributed by atoms with Gasteiger partial charge in [-0.05, 0) is 18.6 Å². The van der Waals surface area contributed by atoms with Crippen LogP contribution in [0.4, 0.5) is 0 Å². The number of carbonyl (C=O) groups excluding carboxylic acids is 2. The molecule has 0 aliphatic carbocycles. The Morgan fingerprint density at radius 1 is 1.10 bits per heavy atom. The largest absolute Gasteiger partial charge is 0.469 e. The highest BCUT2D eigenvalue weighted by Gasteiger charge is 2.20. The number of fused-ring (bicyclic) bond motifs is 1. The minimum Gasteiger partial charge on any atom is -0.469 e. The Hall–Kier alpha value is -3.48. The maximum atomic E-state index is 12.8. The molecule has 150 valence electrons. The minimum absolute atomic E-state index is 0.0157. The van der Waals surface area contributed by atoms with E-state index >= 15 is 0 Å². The molecule has 1 amide bonds. The smallest absolute Gasteiger partial charge is 0.307 e. The fourth-order valence-corrected chi connectivity index (χ4v) is 3.20. The zero-order valence-corrected chi connectivity index (χ0v) is 16.6. The van der Waals surface area contributed by atoms with Crippen LogP contribution in [0.1, 0.15) is 29.3 Å². The predicted molar refractivity (Wildman–Crippen MR) is 109 cm³/mol. The molecule has 2 aromatic carbocycles. The maximum Gasteiger partial charge on any atom is 0.307 e. The number of aryl methyl sites for hydroxylation is 2. The van der Waals surface area contributed by atoms with Crippen molar-refractivity contribution in [1.29, 1.82) is 0 Å². The van der Waals surface area contributed by atoms with Gasteiger partial charge in [0, 0.05) is 12.4 Å². The van der Waals surface area contributed by atoms with Gasteiger partial charge in [-0.3, -0.25) is 14.4 Å². The predicted octanol–water partition coefficient (Wildman–Crippen LogP) is 2.21. The Labute approximate surface area is 168 Å². The summed E-state index contributed by atoms with van der Waals surface area (Å²) >= 11 is 0. The van der Waals surface area contributed by atoms with Gasteiger partial charge in [0.2, 0.25) is 5.91 Å². The van der Waals surface area contributed by atoms with Crippen molar-refractivity contribution in [3.8, 4) is 0 Å². The minimum atomic E-state index is -0.519. The van der Waals surface area contributed by atoms with Crippen molar-refractivity contribution < 1.29 is 14.3 Å². The van der Waals surface area contributed by atoms with Gasteiger partial charge >= 0.3 is 5.97 Å². The van der Waals surface area contributed by atoms with Gasteiger partial charge in [0.25, 0.3) is 5.56 Å². The van der Waals surface area contributed by atoms with Gasteiger partial charge in [0.05, 0.1) is 37.1 Å². The molecule has 1 N–H and O–H groups in total. The summed E-state index contributed by atoms with van der Waals surface area (Å²) in [6.45, 7) is 1.97. The highest BCUT2D eigenvalue weighted by Crippen LogP contribution is 2.19. The van der Waals surface area contributed by atoms with E-state index in [2.05, 4.69) is 10.4 Å². The molecule has 3 aromatic rings. The molecule has 0 bridgehead atoms. The van der Waals surface area contributed by atoms with Gasteiger partial charge in [-0.25, -0.2) is 4.68 Å². The zero-order chi connectivity index (χ0) is 21.0. The summed E-state index contributed by atoms with van der Waals surface area (Å²) in [5, 5.41) is 8.31. The molecule has 0 fully saturated rings. The van der Waals surface area contributed by atoms with Crippen molar-refractivity contribution in [2.45, 2.75) is 25.8 Å².